The first-order chi connectivity index (χ1) is 4.83. The van der Waals surface area contributed by atoms with Crippen molar-refractivity contribution >= 4 is 14.5 Å². The van der Waals surface area contributed by atoms with Gasteiger partial charge in [-0.2, -0.15) is 0 Å². The summed E-state index contributed by atoms with van der Waals surface area (Å²) in [7, 11) is 2.65. The minimum Gasteiger partial charge on any atom is -0.264 e. The lowest BCUT2D eigenvalue weighted by atomic mass is 10.2. The smallest absolute Gasteiger partial charge is 0.0339 e. The minimum atomic E-state index is 1.13. The van der Waals surface area contributed by atoms with Gasteiger partial charge < -0.3 is 0 Å². The summed E-state index contributed by atoms with van der Waals surface area (Å²) in [6.07, 6.45) is 6.10. The fourth-order valence-electron chi connectivity index (χ4n) is 0.933. The van der Waals surface area contributed by atoms with Gasteiger partial charge in [-0.1, -0.05) is 13.3 Å². The first kappa shape index (κ1) is 7.68. The van der Waals surface area contributed by atoms with E-state index in [9.17, 15) is 0 Å². The van der Waals surface area contributed by atoms with Gasteiger partial charge in [0.05, 0.1) is 0 Å². The molecule has 0 amide bonds. The molecule has 1 nitrogen and oxygen atoms in total. The van der Waals surface area contributed by atoms with E-state index in [0.29, 0.717) is 0 Å². The standard InChI is InChI=1S/C8H12NP/c1-2-3-7-4-8(10)6-9-5-7/h4-6H,2-3,10H2,1H3. The maximum absolute atomic E-state index is 4.08. The van der Waals surface area contributed by atoms with E-state index in [4.69, 9.17) is 0 Å². The van der Waals surface area contributed by atoms with Crippen molar-refractivity contribution in [1.29, 1.82) is 0 Å². The molecular formula is C8H12NP. The number of aromatic nitrogens is 1. The molecule has 0 aliphatic rings. The van der Waals surface area contributed by atoms with Gasteiger partial charge in [-0.15, -0.1) is 9.24 Å². The van der Waals surface area contributed by atoms with Crippen LogP contribution in [0, 0.1) is 0 Å². The average molecular weight is 153 g/mol. The van der Waals surface area contributed by atoms with Crippen molar-refractivity contribution in [1.82, 2.24) is 4.98 Å². The first-order valence-electron chi connectivity index (χ1n) is 3.52. The predicted molar refractivity (Wildman–Crippen MR) is 47.6 cm³/mol. The second-order valence-electron chi connectivity index (χ2n) is 2.38. The second-order valence-corrected chi connectivity index (χ2v) is 3.04. The third-order valence-electron chi connectivity index (χ3n) is 1.35. The highest BCUT2D eigenvalue weighted by Crippen LogP contribution is 1.99. The molecule has 0 bridgehead atoms. The van der Waals surface area contributed by atoms with E-state index in [-0.39, 0.29) is 0 Å². The van der Waals surface area contributed by atoms with Gasteiger partial charge in [-0.25, -0.2) is 0 Å². The third-order valence-corrected chi connectivity index (χ3v) is 1.67. The maximum atomic E-state index is 4.08. The number of rotatable bonds is 2. The SMILES string of the molecule is CCCc1cncc(P)c1. The monoisotopic (exact) mass is 153 g/mol. The van der Waals surface area contributed by atoms with Crippen LogP contribution < -0.4 is 5.30 Å². The Bertz CT molecular complexity index is 210. The molecule has 0 aromatic carbocycles. The second kappa shape index (κ2) is 3.68. The van der Waals surface area contributed by atoms with Crippen molar-refractivity contribution < 1.29 is 0 Å². The average Bonchev–Trinajstić information content (AvgIpc) is 1.88. The fourth-order valence-corrected chi connectivity index (χ4v) is 1.23. The summed E-state index contributed by atoms with van der Waals surface area (Å²) in [5, 5.41) is 1.17. The Morgan fingerprint density at radius 3 is 2.90 bits per heavy atom. The molecule has 1 aromatic rings. The predicted octanol–water partition coefficient (Wildman–Crippen LogP) is 1.53. The summed E-state index contributed by atoms with van der Waals surface area (Å²) >= 11 is 0. The van der Waals surface area contributed by atoms with Crippen molar-refractivity contribution in [3.63, 3.8) is 0 Å². The van der Waals surface area contributed by atoms with Crippen LogP contribution in [0.15, 0.2) is 18.5 Å². The molecule has 1 heterocycles. The van der Waals surface area contributed by atoms with E-state index >= 15 is 0 Å². The Kier molecular flexibility index (Phi) is 2.82. The summed E-state index contributed by atoms with van der Waals surface area (Å²) < 4.78 is 0. The van der Waals surface area contributed by atoms with Crippen LogP contribution in [0.2, 0.25) is 0 Å². The normalized spacial score (nSPS) is 9.80. The van der Waals surface area contributed by atoms with Gasteiger partial charge in [0.15, 0.2) is 0 Å². The lowest BCUT2D eigenvalue weighted by Crippen LogP contribution is -1.95. The van der Waals surface area contributed by atoms with Crippen LogP contribution in [0.4, 0.5) is 0 Å². The van der Waals surface area contributed by atoms with Gasteiger partial charge in [-0.05, 0) is 23.4 Å². The maximum Gasteiger partial charge on any atom is 0.0339 e. The lowest BCUT2D eigenvalue weighted by molar-refractivity contribution is 0.915. The highest BCUT2D eigenvalue weighted by molar-refractivity contribution is 7.27. The summed E-state index contributed by atoms with van der Waals surface area (Å²) in [5.74, 6) is 0. The molecule has 0 N–H and O–H groups in total. The highest BCUT2D eigenvalue weighted by Gasteiger charge is 1.90. The van der Waals surface area contributed by atoms with Crippen LogP contribution in [-0.4, -0.2) is 4.98 Å². The zero-order chi connectivity index (χ0) is 7.40. The summed E-state index contributed by atoms with van der Waals surface area (Å²) in [6, 6.07) is 2.15. The lowest BCUT2D eigenvalue weighted by Gasteiger charge is -1.97. The van der Waals surface area contributed by atoms with Gasteiger partial charge >= 0.3 is 0 Å². The van der Waals surface area contributed by atoms with Crippen molar-refractivity contribution in [2.75, 3.05) is 0 Å². The Hall–Kier alpha value is -0.420. The molecule has 10 heavy (non-hydrogen) atoms. The van der Waals surface area contributed by atoms with Gasteiger partial charge in [0.2, 0.25) is 0 Å². The molecule has 0 saturated heterocycles. The Labute approximate surface area is 64.1 Å². The largest absolute Gasteiger partial charge is 0.264 e. The molecule has 1 atom stereocenters. The van der Waals surface area contributed by atoms with E-state index in [1.165, 1.54) is 17.3 Å². The molecule has 0 saturated carbocycles. The van der Waals surface area contributed by atoms with E-state index in [1.807, 2.05) is 12.4 Å². The number of pyridine rings is 1. The van der Waals surface area contributed by atoms with E-state index in [0.717, 1.165) is 6.42 Å². The van der Waals surface area contributed by atoms with Crippen molar-refractivity contribution in [2.45, 2.75) is 19.8 Å². The molecule has 0 spiro atoms. The fraction of sp³-hybridized carbons (Fsp3) is 0.375. The molecular weight excluding hydrogens is 141 g/mol. The van der Waals surface area contributed by atoms with Crippen LogP contribution >= 0.6 is 9.24 Å². The van der Waals surface area contributed by atoms with E-state index in [2.05, 4.69) is 27.2 Å². The molecule has 0 aliphatic heterocycles. The van der Waals surface area contributed by atoms with Crippen molar-refractivity contribution in [2.24, 2.45) is 0 Å². The van der Waals surface area contributed by atoms with Crippen LogP contribution in [0.25, 0.3) is 0 Å². The third kappa shape index (κ3) is 2.07. The number of aryl methyl sites for hydroxylation is 1. The summed E-state index contributed by atoms with van der Waals surface area (Å²) in [6.45, 7) is 2.18. The van der Waals surface area contributed by atoms with Crippen LogP contribution in [0.5, 0.6) is 0 Å². The van der Waals surface area contributed by atoms with Gasteiger partial charge in [0.25, 0.3) is 0 Å². The summed E-state index contributed by atoms with van der Waals surface area (Å²) in [5.41, 5.74) is 1.33. The topological polar surface area (TPSA) is 12.9 Å². The Morgan fingerprint density at radius 2 is 2.30 bits per heavy atom. The van der Waals surface area contributed by atoms with Gasteiger partial charge in [-0.3, -0.25) is 4.98 Å². The first-order valence-corrected chi connectivity index (χ1v) is 4.10. The Balaban J connectivity index is 2.75. The van der Waals surface area contributed by atoms with Crippen LogP contribution in [0.1, 0.15) is 18.9 Å². The zero-order valence-electron chi connectivity index (χ0n) is 6.17. The van der Waals surface area contributed by atoms with Gasteiger partial charge in [0.1, 0.15) is 0 Å². The molecule has 0 fully saturated rings. The number of hydrogen-bond donors (Lipinski definition) is 0. The van der Waals surface area contributed by atoms with E-state index in [1.54, 1.807) is 0 Å². The number of nitrogens with zero attached hydrogens (tertiary/aromatic N) is 1. The molecule has 2 heteroatoms. The number of hydrogen-bond acceptors (Lipinski definition) is 1. The van der Waals surface area contributed by atoms with E-state index < -0.39 is 0 Å². The highest BCUT2D eigenvalue weighted by atomic mass is 31.0. The summed E-state index contributed by atoms with van der Waals surface area (Å²) in [4.78, 5) is 4.08. The van der Waals surface area contributed by atoms with Crippen molar-refractivity contribution in [3.05, 3.63) is 24.0 Å². The van der Waals surface area contributed by atoms with Gasteiger partial charge in [0, 0.05) is 12.4 Å². The van der Waals surface area contributed by atoms with Crippen molar-refractivity contribution in [3.8, 4) is 0 Å². The molecule has 54 valence electrons. The zero-order valence-corrected chi connectivity index (χ0v) is 7.33. The molecule has 1 unspecified atom stereocenters. The molecule has 0 aliphatic carbocycles. The van der Waals surface area contributed by atoms with Crippen LogP contribution in [0.3, 0.4) is 0 Å². The Morgan fingerprint density at radius 1 is 1.50 bits per heavy atom. The molecule has 1 rings (SSSR count). The van der Waals surface area contributed by atoms with Crippen LogP contribution in [-0.2, 0) is 6.42 Å². The minimum absolute atomic E-state index is 1.13. The quantitative estimate of drug-likeness (QED) is 0.587. The molecule has 1 aromatic heterocycles. The molecule has 0 radical (unpaired) electrons.